The fraction of sp³-hybridized carbons (Fsp3) is 0.633. The van der Waals surface area contributed by atoms with Crippen LogP contribution in [0.25, 0.3) is 0 Å². The summed E-state index contributed by atoms with van der Waals surface area (Å²) < 4.78 is 18.9. The second-order valence-electron chi connectivity index (χ2n) is 12.7. The highest BCUT2D eigenvalue weighted by Gasteiger charge is 2.52. The molecule has 5 rings (SSSR count). The Morgan fingerprint density at radius 2 is 1.71 bits per heavy atom. The quantitative estimate of drug-likeness (QED) is 0.543. The molecule has 5 heteroatoms. The standard InChI is InChI=1S/C30H41NO4/c1-18(2)26-24-25(23-21(31-26)16-29(6,7)17-22(23)32)30(12-14-33-15-13-30)35-27(24)19-8-10-20(11-9-19)34-28(3,4)5/h8-11,18,22,27,32H,12-17H2,1-7H3/t22-,27+/m0/s1. The number of pyridine rings is 1. The summed E-state index contributed by atoms with van der Waals surface area (Å²) in [7, 11) is 0. The van der Waals surface area contributed by atoms with E-state index in [0.29, 0.717) is 13.2 Å². The predicted octanol–water partition coefficient (Wildman–Crippen LogP) is 6.51. The van der Waals surface area contributed by atoms with Crippen LogP contribution >= 0.6 is 0 Å². The maximum atomic E-state index is 11.5. The Morgan fingerprint density at radius 1 is 1.06 bits per heavy atom. The Bertz CT molecular complexity index is 1090. The second kappa shape index (κ2) is 8.57. The van der Waals surface area contributed by atoms with Gasteiger partial charge in [-0.2, -0.15) is 0 Å². The molecule has 0 unspecified atom stereocenters. The summed E-state index contributed by atoms with van der Waals surface area (Å²) in [6, 6.07) is 8.32. The van der Waals surface area contributed by atoms with Crippen LogP contribution in [-0.2, 0) is 21.5 Å². The van der Waals surface area contributed by atoms with Gasteiger partial charge in [-0.15, -0.1) is 0 Å². The number of rotatable bonds is 3. The molecule has 1 saturated heterocycles. The van der Waals surface area contributed by atoms with E-state index in [4.69, 9.17) is 19.2 Å². The Labute approximate surface area is 210 Å². The number of ether oxygens (including phenoxy) is 3. The van der Waals surface area contributed by atoms with E-state index in [0.717, 1.165) is 53.9 Å². The molecule has 1 aromatic carbocycles. The molecule has 35 heavy (non-hydrogen) atoms. The summed E-state index contributed by atoms with van der Waals surface area (Å²) in [4.78, 5) is 5.25. The fourth-order valence-corrected chi connectivity index (χ4v) is 6.24. The summed E-state index contributed by atoms with van der Waals surface area (Å²) in [6.45, 7) is 16.4. The van der Waals surface area contributed by atoms with Gasteiger partial charge in [0.05, 0.1) is 11.7 Å². The molecule has 1 spiro atoms. The van der Waals surface area contributed by atoms with Gasteiger partial charge in [0, 0.05) is 48.6 Å². The topological polar surface area (TPSA) is 60.8 Å². The van der Waals surface area contributed by atoms with E-state index in [2.05, 4.69) is 60.6 Å². The lowest BCUT2D eigenvalue weighted by Crippen LogP contribution is -2.37. The highest BCUT2D eigenvalue weighted by atomic mass is 16.5. The van der Waals surface area contributed by atoms with Gasteiger partial charge < -0.3 is 19.3 Å². The van der Waals surface area contributed by atoms with Crippen LogP contribution in [0, 0.1) is 5.41 Å². The molecular weight excluding hydrogens is 438 g/mol. The smallest absolute Gasteiger partial charge is 0.120 e. The SMILES string of the molecule is CC(C)c1nc2c(c3c1[C@@H](c1ccc(OC(C)(C)C)cc1)OC31CCOCC1)[C@@H](O)CC(C)(C)C2. The predicted molar refractivity (Wildman–Crippen MR) is 137 cm³/mol. The van der Waals surface area contributed by atoms with Crippen molar-refractivity contribution in [3.63, 3.8) is 0 Å². The van der Waals surface area contributed by atoms with E-state index < -0.39 is 11.7 Å². The number of nitrogens with zero attached hydrogens (tertiary/aromatic N) is 1. The van der Waals surface area contributed by atoms with Crippen LogP contribution in [0.3, 0.4) is 0 Å². The minimum Gasteiger partial charge on any atom is -0.488 e. The van der Waals surface area contributed by atoms with Crippen molar-refractivity contribution in [1.82, 2.24) is 4.98 Å². The number of benzene rings is 1. The molecule has 5 nitrogen and oxygen atoms in total. The number of aromatic nitrogens is 1. The van der Waals surface area contributed by atoms with Crippen molar-refractivity contribution in [3.8, 4) is 5.75 Å². The Hall–Kier alpha value is -1.95. The van der Waals surface area contributed by atoms with Crippen molar-refractivity contribution in [2.24, 2.45) is 5.41 Å². The molecule has 0 radical (unpaired) electrons. The zero-order chi connectivity index (χ0) is 25.2. The van der Waals surface area contributed by atoms with Crippen molar-refractivity contribution in [3.05, 3.63) is 57.9 Å². The van der Waals surface area contributed by atoms with E-state index >= 15 is 0 Å². The van der Waals surface area contributed by atoms with E-state index in [1.165, 1.54) is 11.1 Å². The van der Waals surface area contributed by atoms with Crippen LogP contribution in [0.2, 0.25) is 0 Å². The normalized spacial score (nSPS) is 24.9. The van der Waals surface area contributed by atoms with Gasteiger partial charge in [-0.1, -0.05) is 39.8 Å². The number of hydrogen-bond donors (Lipinski definition) is 1. The lowest BCUT2D eigenvalue weighted by Gasteiger charge is -2.40. The molecule has 0 saturated carbocycles. The lowest BCUT2D eigenvalue weighted by atomic mass is 9.70. The van der Waals surface area contributed by atoms with Gasteiger partial charge >= 0.3 is 0 Å². The number of aliphatic hydroxyl groups is 1. The van der Waals surface area contributed by atoms with Gasteiger partial charge in [0.15, 0.2) is 0 Å². The average Bonchev–Trinajstić information content (AvgIpc) is 3.06. The third-order valence-corrected chi connectivity index (χ3v) is 7.62. The first kappa shape index (κ1) is 24.7. The lowest BCUT2D eigenvalue weighted by molar-refractivity contribution is -0.122. The van der Waals surface area contributed by atoms with Gasteiger partial charge in [-0.3, -0.25) is 4.98 Å². The molecule has 3 heterocycles. The molecule has 1 fully saturated rings. The van der Waals surface area contributed by atoms with E-state index in [1.54, 1.807) is 0 Å². The van der Waals surface area contributed by atoms with E-state index in [9.17, 15) is 5.11 Å². The molecule has 190 valence electrons. The minimum atomic E-state index is -0.527. The van der Waals surface area contributed by atoms with Crippen LogP contribution in [-0.4, -0.2) is 28.9 Å². The zero-order valence-electron chi connectivity index (χ0n) is 22.4. The van der Waals surface area contributed by atoms with Crippen molar-refractivity contribution in [2.45, 2.75) is 103 Å². The van der Waals surface area contributed by atoms with E-state index in [1.807, 2.05) is 12.1 Å². The Balaban J connectivity index is 1.69. The van der Waals surface area contributed by atoms with Gasteiger partial charge in [0.1, 0.15) is 17.5 Å². The summed E-state index contributed by atoms with van der Waals surface area (Å²) in [5.74, 6) is 1.10. The maximum absolute atomic E-state index is 11.5. The van der Waals surface area contributed by atoms with Crippen molar-refractivity contribution < 1.29 is 19.3 Å². The van der Waals surface area contributed by atoms with Gasteiger partial charge in [0.2, 0.25) is 0 Å². The summed E-state index contributed by atoms with van der Waals surface area (Å²) >= 11 is 0. The molecular formula is C30H41NO4. The van der Waals surface area contributed by atoms with Gasteiger partial charge in [-0.05, 0) is 68.2 Å². The van der Waals surface area contributed by atoms with Gasteiger partial charge in [-0.25, -0.2) is 0 Å². The summed E-state index contributed by atoms with van der Waals surface area (Å²) in [6.07, 6.45) is 2.47. The molecule has 2 aromatic rings. The molecule has 1 aromatic heterocycles. The van der Waals surface area contributed by atoms with Crippen LogP contribution < -0.4 is 4.74 Å². The van der Waals surface area contributed by atoms with Gasteiger partial charge in [0.25, 0.3) is 0 Å². The highest BCUT2D eigenvalue weighted by Crippen LogP contribution is 2.57. The number of hydrogen-bond acceptors (Lipinski definition) is 5. The molecule has 2 aliphatic heterocycles. The molecule has 1 aliphatic carbocycles. The van der Waals surface area contributed by atoms with Crippen LogP contribution in [0.5, 0.6) is 5.75 Å². The third-order valence-electron chi connectivity index (χ3n) is 7.62. The first-order valence-corrected chi connectivity index (χ1v) is 13.2. The van der Waals surface area contributed by atoms with Crippen LogP contribution in [0.15, 0.2) is 24.3 Å². The first-order valence-electron chi connectivity index (χ1n) is 13.2. The monoisotopic (exact) mass is 479 g/mol. The highest BCUT2D eigenvalue weighted by molar-refractivity contribution is 5.54. The second-order valence-corrected chi connectivity index (χ2v) is 12.7. The van der Waals surface area contributed by atoms with Crippen molar-refractivity contribution >= 4 is 0 Å². The largest absolute Gasteiger partial charge is 0.488 e. The number of aliphatic hydroxyl groups excluding tert-OH is 1. The molecule has 0 bridgehead atoms. The van der Waals surface area contributed by atoms with Crippen LogP contribution in [0.1, 0.15) is 119 Å². The first-order chi connectivity index (χ1) is 16.4. The Morgan fingerprint density at radius 3 is 2.31 bits per heavy atom. The van der Waals surface area contributed by atoms with Crippen LogP contribution in [0.4, 0.5) is 0 Å². The molecule has 3 aliphatic rings. The average molecular weight is 480 g/mol. The van der Waals surface area contributed by atoms with Crippen molar-refractivity contribution in [2.75, 3.05) is 13.2 Å². The summed E-state index contributed by atoms with van der Waals surface area (Å²) in [5.41, 5.74) is 5.99. The molecule has 0 amide bonds. The minimum absolute atomic E-state index is 0.0203. The maximum Gasteiger partial charge on any atom is 0.120 e. The number of fused-ring (bicyclic) bond motifs is 4. The Kier molecular flexibility index (Phi) is 6.05. The fourth-order valence-electron chi connectivity index (χ4n) is 6.24. The molecule has 1 N–H and O–H groups in total. The van der Waals surface area contributed by atoms with Crippen molar-refractivity contribution in [1.29, 1.82) is 0 Å². The third kappa shape index (κ3) is 4.52. The zero-order valence-corrected chi connectivity index (χ0v) is 22.4. The van der Waals surface area contributed by atoms with E-state index in [-0.39, 0.29) is 23.0 Å². The summed E-state index contributed by atoms with van der Waals surface area (Å²) in [5, 5.41) is 11.5. The molecule has 2 atom stereocenters.